The minimum Gasteiger partial charge on any atom is -0.456 e. The minimum absolute atomic E-state index is 0.154. The summed E-state index contributed by atoms with van der Waals surface area (Å²) in [6, 6.07) is 11.4. The maximum absolute atomic E-state index is 5.90. The first-order valence-electron chi connectivity index (χ1n) is 5.07. The third-order valence-electron chi connectivity index (χ3n) is 2.22. The Hall–Kier alpha value is -1.36. The van der Waals surface area contributed by atoms with Crippen LogP contribution in [0.2, 0.25) is 0 Å². The molecule has 16 heavy (non-hydrogen) atoms. The highest BCUT2D eigenvalue weighted by molar-refractivity contribution is 7.10. The maximum Gasteiger partial charge on any atom is 0.142 e. The van der Waals surface area contributed by atoms with E-state index in [-0.39, 0.29) is 6.04 Å². The molecule has 1 unspecified atom stereocenters. The highest BCUT2D eigenvalue weighted by Crippen LogP contribution is 2.32. The molecule has 1 atom stereocenters. The zero-order valence-electron chi connectivity index (χ0n) is 8.80. The van der Waals surface area contributed by atoms with Gasteiger partial charge in [-0.15, -0.1) is 11.3 Å². The highest BCUT2D eigenvalue weighted by Gasteiger charge is 2.12. The first kappa shape index (κ1) is 11.1. The van der Waals surface area contributed by atoms with E-state index in [0.29, 0.717) is 6.54 Å². The molecule has 0 saturated carbocycles. The monoisotopic (exact) mass is 234 g/mol. The predicted molar refractivity (Wildman–Crippen MR) is 66.8 cm³/mol. The topological polar surface area (TPSA) is 61.3 Å². The first-order valence-corrected chi connectivity index (χ1v) is 5.95. The quantitative estimate of drug-likeness (QED) is 0.854. The maximum atomic E-state index is 5.90. The summed E-state index contributed by atoms with van der Waals surface area (Å²) in [5.74, 6) is 1.61. The molecule has 2 aromatic rings. The van der Waals surface area contributed by atoms with Gasteiger partial charge in [-0.2, -0.15) is 0 Å². The Kier molecular flexibility index (Phi) is 3.56. The van der Waals surface area contributed by atoms with Crippen LogP contribution in [0.3, 0.4) is 0 Å². The number of hydrogen-bond acceptors (Lipinski definition) is 4. The van der Waals surface area contributed by atoms with Gasteiger partial charge >= 0.3 is 0 Å². The van der Waals surface area contributed by atoms with Crippen molar-refractivity contribution in [3.63, 3.8) is 0 Å². The van der Waals surface area contributed by atoms with Gasteiger partial charge < -0.3 is 16.2 Å². The molecule has 1 aromatic heterocycles. The van der Waals surface area contributed by atoms with Crippen LogP contribution in [0.25, 0.3) is 0 Å². The van der Waals surface area contributed by atoms with Crippen LogP contribution >= 0.6 is 11.3 Å². The lowest BCUT2D eigenvalue weighted by atomic mass is 10.2. The SMILES string of the molecule is NCC(N)c1sccc1Oc1ccccc1. The Morgan fingerprint density at radius 3 is 2.62 bits per heavy atom. The molecule has 0 fully saturated rings. The fraction of sp³-hybridized carbons (Fsp3) is 0.167. The molecule has 1 aromatic carbocycles. The number of rotatable bonds is 4. The van der Waals surface area contributed by atoms with Gasteiger partial charge in [-0.25, -0.2) is 0 Å². The molecule has 0 radical (unpaired) electrons. The van der Waals surface area contributed by atoms with E-state index < -0.39 is 0 Å². The van der Waals surface area contributed by atoms with Crippen molar-refractivity contribution < 1.29 is 4.74 Å². The third-order valence-corrected chi connectivity index (χ3v) is 3.25. The standard InChI is InChI=1S/C12H14N2OS/c13-8-10(14)12-11(6-7-16-12)15-9-4-2-1-3-5-9/h1-7,10H,8,13-14H2. The molecular weight excluding hydrogens is 220 g/mol. The van der Waals surface area contributed by atoms with Crippen LogP contribution in [0.1, 0.15) is 10.9 Å². The summed E-state index contributed by atoms with van der Waals surface area (Å²) in [5, 5.41) is 1.96. The molecule has 1 heterocycles. The van der Waals surface area contributed by atoms with Gasteiger partial charge in [0.25, 0.3) is 0 Å². The van der Waals surface area contributed by atoms with Crippen LogP contribution in [0, 0.1) is 0 Å². The van der Waals surface area contributed by atoms with Crippen LogP contribution in [-0.2, 0) is 0 Å². The van der Waals surface area contributed by atoms with Crippen molar-refractivity contribution in [1.82, 2.24) is 0 Å². The van der Waals surface area contributed by atoms with Crippen LogP contribution in [0.5, 0.6) is 11.5 Å². The van der Waals surface area contributed by atoms with Crippen LogP contribution in [-0.4, -0.2) is 6.54 Å². The van der Waals surface area contributed by atoms with Gasteiger partial charge in [0.1, 0.15) is 11.5 Å². The third kappa shape index (κ3) is 2.41. The Bertz CT molecular complexity index is 441. The number of benzene rings is 1. The molecule has 0 spiro atoms. The van der Waals surface area contributed by atoms with Gasteiger partial charge in [-0.1, -0.05) is 18.2 Å². The fourth-order valence-electron chi connectivity index (χ4n) is 1.39. The number of para-hydroxylation sites is 1. The molecule has 2 rings (SSSR count). The van der Waals surface area contributed by atoms with E-state index in [1.165, 1.54) is 0 Å². The Balaban J connectivity index is 2.19. The minimum atomic E-state index is -0.154. The number of nitrogens with two attached hydrogens (primary N) is 2. The van der Waals surface area contributed by atoms with Gasteiger partial charge in [-0.3, -0.25) is 0 Å². The molecule has 4 N–H and O–H groups in total. The van der Waals surface area contributed by atoms with Gasteiger partial charge in [0.15, 0.2) is 0 Å². The molecule has 3 nitrogen and oxygen atoms in total. The second kappa shape index (κ2) is 5.12. The van der Waals surface area contributed by atoms with E-state index in [4.69, 9.17) is 16.2 Å². The van der Waals surface area contributed by atoms with E-state index in [9.17, 15) is 0 Å². The lowest BCUT2D eigenvalue weighted by Crippen LogP contribution is -2.19. The summed E-state index contributed by atoms with van der Waals surface area (Å²) in [6.45, 7) is 0.422. The lowest BCUT2D eigenvalue weighted by Gasteiger charge is -2.10. The van der Waals surface area contributed by atoms with E-state index >= 15 is 0 Å². The zero-order valence-corrected chi connectivity index (χ0v) is 9.61. The summed E-state index contributed by atoms with van der Waals surface area (Å²) in [6.07, 6.45) is 0. The fourth-order valence-corrected chi connectivity index (χ4v) is 2.22. The normalized spacial score (nSPS) is 12.4. The highest BCUT2D eigenvalue weighted by atomic mass is 32.1. The average Bonchev–Trinajstić information content (AvgIpc) is 2.77. The van der Waals surface area contributed by atoms with Crippen molar-refractivity contribution in [2.75, 3.05) is 6.54 Å². The molecule has 0 aliphatic heterocycles. The zero-order chi connectivity index (χ0) is 11.4. The predicted octanol–water partition coefficient (Wildman–Crippen LogP) is 2.50. The summed E-state index contributed by atoms with van der Waals surface area (Å²) in [4.78, 5) is 0.992. The van der Waals surface area contributed by atoms with E-state index in [1.54, 1.807) is 11.3 Å². The Morgan fingerprint density at radius 2 is 1.94 bits per heavy atom. The van der Waals surface area contributed by atoms with Gasteiger partial charge in [0.05, 0.1) is 10.9 Å². The summed E-state index contributed by atoms with van der Waals surface area (Å²) in [5.41, 5.74) is 11.5. The van der Waals surface area contributed by atoms with Crippen LogP contribution in [0.15, 0.2) is 41.8 Å². The van der Waals surface area contributed by atoms with E-state index in [0.717, 1.165) is 16.4 Å². The molecule has 0 amide bonds. The Labute approximate surface area is 98.7 Å². The van der Waals surface area contributed by atoms with Crippen molar-refractivity contribution in [2.24, 2.45) is 11.5 Å². The Morgan fingerprint density at radius 1 is 1.19 bits per heavy atom. The second-order valence-corrected chi connectivity index (χ2v) is 4.35. The van der Waals surface area contributed by atoms with Crippen LogP contribution < -0.4 is 16.2 Å². The molecule has 0 bridgehead atoms. The first-order chi connectivity index (χ1) is 7.81. The molecule has 0 aliphatic rings. The summed E-state index contributed by atoms with van der Waals surface area (Å²) >= 11 is 1.57. The number of ether oxygens (including phenoxy) is 1. The van der Waals surface area contributed by atoms with Crippen molar-refractivity contribution in [2.45, 2.75) is 6.04 Å². The van der Waals surface area contributed by atoms with E-state index in [2.05, 4.69) is 0 Å². The van der Waals surface area contributed by atoms with Gasteiger partial charge in [-0.05, 0) is 23.6 Å². The van der Waals surface area contributed by atoms with Crippen molar-refractivity contribution >= 4 is 11.3 Å². The summed E-state index contributed by atoms with van der Waals surface area (Å²) in [7, 11) is 0. The van der Waals surface area contributed by atoms with E-state index in [1.807, 2.05) is 41.8 Å². The average molecular weight is 234 g/mol. The largest absolute Gasteiger partial charge is 0.456 e. The van der Waals surface area contributed by atoms with Gasteiger partial charge in [0, 0.05) is 6.54 Å². The lowest BCUT2D eigenvalue weighted by molar-refractivity contribution is 0.474. The number of thiophene rings is 1. The molecular formula is C12H14N2OS. The van der Waals surface area contributed by atoms with Crippen molar-refractivity contribution in [3.8, 4) is 11.5 Å². The molecule has 4 heteroatoms. The molecule has 0 aliphatic carbocycles. The second-order valence-electron chi connectivity index (χ2n) is 3.41. The van der Waals surface area contributed by atoms with Crippen molar-refractivity contribution in [3.05, 3.63) is 46.7 Å². The van der Waals surface area contributed by atoms with Crippen molar-refractivity contribution in [1.29, 1.82) is 0 Å². The molecule has 84 valence electrons. The smallest absolute Gasteiger partial charge is 0.142 e. The van der Waals surface area contributed by atoms with Gasteiger partial charge in [0.2, 0.25) is 0 Å². The number of hydrogen-bond donors (Lipinski definition) is 2. The van der Waals surface area contributed by atoms with Crippen LogP contribution in [0.4, 0.5) is 0 Å². The summed E-state index contributed by atoms with van der Waals surface area (Å²) < 4.78 is 5.75. The molecule has 0 saturated heterocycles.